The van der Waals surface area contributed by atoms with E-state index in [1.807, 2.05) is 13.8 Å². The second-order valence-corrected chi connectivity index (χ2v) is 1.90. The molecule has 0 spiro atoms. The van der Waals surface area contributed by atoms with Gasteiger partial charge in [0.1, 0.15) is 6.33 Å². The molecule has 0 N–H and O–H groups in total. The Morgan fingerprint density at radius 1 is 1.15 bits per heavy atom. The Hall–Kier alpha value is -0.960. The number of nitrogens with zero attached hydrogens (tertiary/aromatic N) is 2. The van der Waals surface area contributed by atoms with Crippen molar-refractivity contribution in [3.63, 3.8) is 0 Å². The summed E-state index contributed by atoms with van der Waals surface area (Å²) in [6.07, 6.45) is 6.00. The topological polar surface area (TPSA) is 35.0 Å². The molecule has 0 fully saturated rings. The summed E-state index contributed by atoms with van der Waals surface area (Å²) in [5.41, 5.74) is 0. The molecule has 0 unspecified atom stereocenters. The Bertz CT molecular complexity index is 116. The Morgan fingerprint density at radius 3 is 1.77 bits per heavy atom. The van der Waals surface area contributed by atoms with E-state index in [1.54, 1.807) is 25.6 Å². The highest BCUT2D eigenvalue weighted by Gasteiger charge is 1.66. The van der Waals surface area contributed by atoms with Gasteiger partial charge in [-0.2, -0.15) is 0 Å². The average Bonchev–Trinajstić information content (AvgIpc) is 2.25. The van der Waals surface area contributed by atoms with Crippen molar-refractivity contribution >= 4 is 0 Å². The average molecular weight is 184 g/mol. The second-order valence-electron chi connectivity index (χ2n) is 1.90. The molecule has 76 valence electrons. The Morgan fingerprint density at radius 2 is 1.69 bits per heavy atom. The van der Waals surface area contributed by atoms with Gasteiger partial charge < -0.3 is 4.74 Å². The van der Waals surface area contributed by atoms with E-state index in [1.165, 1.54) is 6.33 Å². The number of hydrogen-bond donors (Lipinski definition) is 0. The van der Waals surface area contributed by atoms with E-state index in [2.05, 4.69) is 16.9 Å². The summed E-state index contributed by atoms with van der Waals surface area (Å²) in [5, 5.41) is 0. The highest BCUT2D eigenvalue weighted by atomic mass is 16.5. The summed E-state index contributed by atoms with van der Waals surface area (Å²) < 4.78 is 4.69. The quantitative estimate of drug-likeness (QED) is 0.708. The van der Waals surface area contributed by atoms with Gasteiger partial charge >= 0.3 is 0 Å². The molecule has 0 amide bonds. The zero-order valence-corrected chi connectivity index (χ0v) is 9.03. The van der Waals surface area contributed by atoms with E-state index in [-0.39, 0.29) is 0 Å². The van der Waals surface area contributed by atoms with Gasteiger partial charge in [-0.05, 0) is 12.5 Å². The second kappa shape index (κ2) is 17.2. The van der Waals surface area contributed by atoms with Crippen LogP contribution in [0.3, 0.4) is 0 Å². The first-order chi connectivity index (χ1) is 6.41. The summed E-state index contributed by atoms with van der Waals surface area (Å²) in [6.45, 7) is 6.98. The first-order valence-corrected chi connectivity index (χ1v) is 4.60. The maximum atomic E-state index is 4.69. The SMILES string of the molecule is CC.CCCOC.c1cncnc1. The Kier molecular flexibility index (Phi) is 19.3. The van der Waals surface area contributed by atoms with Gasteiger partial charge in [0.25, 0.3) is 0 Å². The Labute approximate surface area is 81.2 Å². The first kappa shape index (κ1) is 14.6. The number of rotatable bonds is 2. The monoisotopic (exact) mass is 184 g/mol. The molecule has 0 atom stereocenters. The molecule has 1 rings (SSSR count). The van der Waals surface area contributed by atoms with Crippen LogP contribution >= 0.6 is 0 Å². The minimum absolute atomic E-state index is 0.889. The lowest BCUT2D eigenvalue weighted by molar-refractivity contribution is 0.199. The van der Waals surface area contributed by atoms with Crippen molar-refractivity contribution in [3.05, 3.63) is 24.8 Å². The largest absolute Gasteiger partial charge is 0.385 e. The van der Waals surface area contributed by atoms with Gasteiger partial charge in [-0.15, -0.1) is 0 Å². The van der Waals surface area contributed by atoms with Crippen LogP contribution in [0.25, 0.3) is 0 Å². The Balaban J connectivity index is 0. The normalized spacial score (nSPS) is 7.38. The fourth-order valence-electron chi connectivity index (χ4n) is 0.457. The van der Waals surface area contributed by atoms with Crippen LogP contribution < -0.4 is 0 Å². The maximum absolute atomic E-state index is 4.69. The minimum Gasteiger partial charge on any atom is -0.385 e. The summed E-state index contributed by atoms with van der Waals surface area (Å²) >= 11 is 0. The van der Waals surface area contributed by atoms with Crippen LogP contribution in [-0.4, -0.2) is 23.7 Å². The van der Waals surface area contributed by atoms with Gasteiger partial charge in [0, 0.05) is 26.1 Å². The molecule has 0 aliphatic heterocycles. The van der Waals surface area contributed by atoms with E-state index in [0.29, 0.717) is 0 Å². The van der Waals surface area contributed by atoms with Gasteiger partial charge in [0.15, 0.2) is 0 Å². The third kappa shape index (κ3) is 18.2. The number of hydrogen-bond acceptors (Lipinski definition) is 3. The van der Waals surface area contributed by atoms with Crippen molar-refractivity contribution in [1.29, 1.82) is 0 Å². The molecule has 3 heteroatoms. The van der Waals surface area contributed by atoms with Gasteiger partial charge in [-0.1, -0.05) is 20.8 Å². The molecule has 1 heterocycles. The molecule has 3 nitrogen and oxygen atoms in total. The molecule has 0 bridgehead atoms. The van der Waals surface area contributed by atoms with Crippen molar-refractivity contribution in [2.45, 2.75) is 27.2 Å². The molecule has 0 radical (unpaired) electrons. The summed E-state index contributed by atoms with van der Waals surface area (Å²) in [4.78, 5) is 7.35. The van der Waals surface area contributed by atoms with Crippen molar-refractivity contribution in [3.8, 4) is 0 Å². The molecule has 1 aromatic rings. The van der Waals surface area contributed by atoms with Crippen LogP contribution in [0.15, 0.2) is 24.8 Å². The lowest BCUT2D eigenvalue weighted by Gasteiger charge is -1.84. The smallest absolute Gasteiger partial charge is 0.115 e. The van der Waals surface area contributed by atoms with E-state index >= 15 is 0 Å². The number of methoxy groups -OCH3 is 1. The van der Waals surface area contributed by atoms with Crippen LogP contribution in [0.5, 0.6) is 0 Å². The predicted octanol–water partition coefficient (Wildman–Crippen LogP) is 2.55. The van der Waals surface area contributed by atoms with Crippen LogP contribution in [0.1, 0.15) is 27.2 Å². The summed E-state index contributed by atoms with van der Waals surface area (Å²) in [5.74, 6) is 0. The van der Waals surface area contributed by atoms with Gasteiger partial charge in [0.05, 0.1) is 0 Å². The van der Waals surface area contributed by atoms with Crippen molar-refractivity contribution < 1.29 is 4.74 Å². The number of aromatic nitrogens is 2. The molecule has 0 aliphatic carbocycles. The fraction of sp³-hybridized carbons (Fsp3) is 0.600. The molecule has 0 aromatic carbocycles. The molecule has 0 saturated carbocycles. The molecular weight excluding hydrogens is 164 g/mol. The zero-order valence-electron chi connectivity index (χ0n) is 9.03. The minimum atomic E-state index is 0.889. The highest BCUT2D eigenvalue weighted by Crippen LogP contribution is 1.70. The van der Waals surface area contributed by atoms with Gasteiger partial charge in [-0.3, -0.25) is 0 Å². The van der Waals surface area contributed by atoms with Crippen LogP contribution in [-0.2, 0) is 4.74 Å². The zero-order chi connectivity index (χ0) is 10.4. The van der Waals surface area contributed by atoms with Gasteiger partial charge in [-0.25, -0.2) is 9.97 Å². The maximum Gasteiger partial charge on any atom is 0.115 e. The standard InChI is InChI=1S/C4H4N2.C4H10O.C2H6/c1-2-5-4-6-3-1;1-3-4-5-2;1-2/h1-4H;3-4H2,1-2H3;1-2H3. The lowest BCUT2D eigenvalue weighted by Crippen LogP contribution is -1.80. The van der Waals surface area contributed by atoms with Crippen LogP contribution in [0.4, 0.5) is 0 Å². The highest BCUT2D eigenvalue weighted by molar-refractivity contribution is 4.74. The summed E-state index contributed by atoms with van der Waals surface area (Å²) in [7, 11) is 1.71. The molecule has 0 saturated heterocycles. The van der Waals surface area contributed by atoms with Crippen molar-refractivity contribution in [1.82, 2.24) is 9.97 Å². The number of ether oxygens (including phenoxy) is 1. The lowest BCUT2D eigenvalue weighted by atomic mass is 10.5. The molecule has 13 heavy (non-hydrogen) atoms. The van der Waals surface area contributed by atoms with Gasteiger partial charge in [0.2, 0.25) is 0 Å². The molecule has 0 aliphatic rings. The first-order valence-electron chi connectivity index (χ1n) is 4.60. The van der Waals surface area contributed by atoms with Crippen LogP contribution in [0, 0.1) is 0 Å². The van der Waals surface area contributed by atoms with Crippen molar-refractivity contribution in [2.24, 2.45) is 0 Å². The summed E-state index contributed by atoms with van der Waals surface area (Å²) in [6, 6.07) is 1.78. The van der Waals surface area contributed by atoms with Crippen molar-refractivity contribution in [2.75, 3.05) is 13.7 Å². The van der Waals surface area contributed by atoms with E-state index in [0.717, 1.165) is 13.0 Å². The predicted molar refractivity (Wildman–Crippen MR) is 55.5 cm³/mol. The third-order valence-electron chi connectivity index (χ3n) is 0.886. The third-order valence-corrected chi connectivity index (χ3v) is 0.886. The van der Waals surface area contributed by atoms with Crippen LogP contribution in [0.2, 0.25) is 0 Å². The fourth-order valence-corrected chi connectivity index (χ4v) is 0.457. The van der Waals surface area contributed by atoms with E-state index < -0.39 is 0 Å². The molecule has 1 aromatic heterocycles. The van der Waals surface area contributed by atoms with E-state index in [4.69, 9.17) is 4.74 Å². The molecular formula is C10H20N2O. The van der Waals surface area contributed by atoms with E-state index in [9.17, 15) is 0 Å².